The predicted molar refractivity (Wildman–Crippen MR) is 72.6 cm³/mol. The highest BCUT2D eigenvalue weighted by molar-refractivity contribution is 5.83. The van der Waals surface area contributed by atoms with E-state index in [-0.39, 0.29) is 5.97 Å². The highest BCUT2D eigenvalue weighted by Crippen LogP contribution is 2.33. The molecule has 1 N–H and O–H groups in total. The number of ether oxygens (including phenoxy) is 3. The fourth-order valence-corrected chi connectivity index (χ4v) is 1.83. The molecule has 19 heavy (non-hydrogen) atoms. The first-order valence-corrected chi connectivity index (χ1v) is 6.12. The second-order valence-corrected chi connectivity index (χ2v) is 4.16. The van der Waals surface area contributed by atoms with Crippen LogP contribution in [0.4, 0.5) is 0 Å². The molecular formula is C14H21NO4. The first-order valence-electron chi connectivity index (χ1n) is 6.12. The van der Waals surface area contributed by atoms with Gasteiger partial charge in [-0.15, -0.1) is 0 Å². The number of carbonyl (C=O) groups excluding carboxylic acids is 1. The van der Waals surface area contributed by atoms with Gasteiger partial charge in [0, 0.05) is 5.56 Å². The Morgan fingerprint density at radius 2 is 2.00 bits per heavy atom. The smallest absolute Gasteiger partial charge is 0.330 e. The number of likely N-dealkylation sites (N-methyl/N-ethyl adjacent to an activating group) is 1. The van der Waals surface area contributed by atoms with Crippen molar-refractivity contribution in [2.24, 2.45) is 0 Å². The number of hydrogen-bond donors (Lipinski definition) is 1. The van der Waals surface area contributed by atoms with E-state index in [1.165, 1.54) is 0 Å². The molecule has 0 aliphatic heterocycles. The summed E-state index contributed by atoms with van der Waals surface area (Å²) in [4.78, 5) is 12.2. The lowest BCUT2D eigenvalue weighted by atomic mass is 9.91. The molecule has 0 aromatic heterocycles. The number of methoxy groups -OCH3 is 2. The molecule has 1 atom stereocenters. The standard InChI is InChI=1S/C14H21NO4/c1-6-19-13(16)14(2,15-3)11-9-10(17-4)7-8-12(11)18-5/h7-9,15H,6H2,1-5H3. The molecule has 1 unspecified atom stereocenters. The van der Waals surface area contributed by atoms with Gasteiger partial charge in [0.1, 0.15) is 17.0 Å². The molecule has 1 aromatic carbocycles. The Balaban J connectivity index is 3.33. The van der Waals surface area contributed by atoms with E-state index in [4.69, 9.17) is 14.2 Å². The molecule has 0 amide bonds. The van der Waals surface area contributed by atoms with E-state index in [9.17, 15) is 4.79 Å². The van der Waals surface area contributed by atoms with Gasteiger partial charge in [0.15, 0.2) is 0 Å². The summed E-state index contributed by atoms with van der Waals surface area (Å²) in [5.74, 6) is 0.899. The fraction of sp³-hybridized carbons (Fsp3) is 0.500. The quantitative estimate of drug-likeness (QED) is 0.795. The highest BCUT2D eigenvalue weighted by Gasteiger charge is 2.38. The van der Waals surface area contributed by atoms with Crippen molar-refractivity contribution in [3.8, 4) is 11.5 Å². The molecule has 0 heterocycles. The maximum Gasteiger partial charge on any atom is 0.330 e. The molecule has 1 rings (SSSR count). The van der Waals surface area contributed by atoms with E-state index in [1.54, 1.807) is 53.3 Å². The SMILES string of the molecule is CCOC(=O)C(C)(NC)c1cc(OC)ccc1OC. The van der Waals surface area contributed by atoms with Crippen molar-refractivity contribution in [3.63, 3.8) is 0 Å². The van der Waals surface area contributed by atoms with Gasteiger partial charge in [0.2, 0.25) is 0 Å². The molecule has 0 bridgehead atoms. The van der Waals surface area contributed by atoms with Gasteiger partial charge in [-0.05, 0) is 39.1 Å². The molecule has 0 aliphatic rings. The first-order chi connectivity index (χ1) is 9.03. The number of hydrogen-bond acceptors (Lipinski definition) is 5. The third-order valence-corrected chi connectivity index (χ3v) is 3.13. The van der Waals surface area contributed by atoms with Crippen molar-refractivity contribution >= 4 is 5.97 Å². The van der Waals surface area contributed by atoms with E-state index in [0.29, 0.717) is 23.7 Å². The molecule has 0 radical (unpaired) electrons. The summed E-state index contributed by atoms with van der Waals surface area (Å²) in [5, 5.41) is 3.00. The lowest BCUT2D eigenvalue weighted by molar-refractivity contribution is -0.150. The Bertz CT molecular complexity index is 447. The van der Waals surface area contributed by atoms with E-state index in [1.807, 2.05) is 0 Å². The van der Waals surface area contributed by atoms with E-state index < -0.39 is 5.54 Å². The normalized spacial score (nSPS) is 13.5. The summed E-state index contributed by atoms with van der Waals surface area (Å²) in [7, 11) is 4.84. The van der Waals surface area contributed by atoms with E-state index in [0.717, 1.165) is 0 Å². The van der Waals surface area contributed by atoms with Gasteiger partial charge in [-0.3, -0.25) is 0 Å². The zero-order valence-electron chi connectivity index (χ0n) is 12.1. The minimum atomic E-state index is -0.990. The van der Waals surface area contributed by atoms with E-state index >= 15 is 0 Å². The van der Waals surface area contributed by atoms with Gasteiger partial charge in [0.05, 0.1) is 20.8 Å². The molecule has 0 fully saturated rings. The Labute approximate surface area is 113 Å². The lowest BCUT2D eigenvalue weighted by Crippen LogP contribution is -2.46. The minimum absolute atomic E-state index is 0.322. The summed E-state index contributed by atoms with van der Waals surface area (Å²) in [6.07, 6.45) is 0. The van der Waals surface area contributed by atoms with Crippen LogP contribution in [0.15, 0.2) is 18.2 Å². The summed E-state index contributed by atoms with van der Waals surface area (Å²) in [6, 6.07) is 5.32. The molecular weight excluding hydrogens is 246 g/mol. The molecule has 106 valence electrons. The van der Waals surface area contributed by atoms with Crippen LogP contribution >= 0.6 is 0 Å². The highest BCUT2D eigenvalue weighted by atomic mass is 16.5. The second-order valence-electron chi connectivity index (χ2n) is 4.16. The van der Waals surface area contributed by atoms with Crippen LogP contribution in [0.2, 0.25) is 0 Å². The van der Waals surface area contributed by atoms with Gasteiger partial charge < -0.3 is 19.5 Å². The number of carbonyl (C=O) groups is 1. The van der Waals surface area contributed by atoms with Crippen LogP contribution in [-0.2, 0) is 15.1 Å². The maximum atomic E-state index is 12.2. The second kappa shape index (κ2) is 6.43. The summed E-state index contributed by atoms with van der Waals surface area (Å²) < 4.78 is 15.6. The number of nitrogens with one attached hydrogen (secondary N) is 1. The van der Waals surface area contributed by atoms with Crippen molar-refractivity contribution in [2.45, 2.75) is 19.4 Å². The largest absolute Gasteiger partial charge is 0.497 e. The molecule has 0 saturated heterocycles. The zero-order chi connectivity index (χ0) is 14.5. The Morgan fingerprint density at radius 1 is 1.32 bits per heavy atom. The predicted octanol–water partition coefficient (Wildman–Crippen LogP) is 1.70. The monoisotopic (exact) mass is 267 g/mol. The van der Waals surface area contributed by atoms with Crippen molar-refractivity contribution in [2.75, 3.05) is 27.9 Å². The third kappa shape index (κ3) is 2.98. The van der Waals surface area contributed by atoms with Crippen LogP contribution in [0, 0.1) is 0 Å². The molecule has 5 heteroatoms. The average molecular weight is 267 g/mol. The van der Waals surface area contributed by atoms with Gasteiger partial charge >= 0.3 is 5.97 Å². The molecule has 0 spiro atoms. The van der Waals surface area contributed by atoms with Crippen LogP contribution in [0.3, 0.4) is 0 Å². The van der Waals surface area contributed by atoms with Crippen LogP contribution in [-0.4, -0.2) is 33.8 Å². The van der Waals surface area contributed by atoms with Crippen LogP contribution < -0.4 is 14.8 Å². The molecule has 1 aromatic rings. The van der Waals surface area contributed by atoms with Crippen LogP contribution in [0.1, 0.15) is 19.4 Å². The third-order valence-electron chi connectivity index (χ3n) is 3.13. The number of benzene rings is 1. The van der Waals surface area contributed by atoms with Crippen molar-refractivity contribution in [1.29, 1.82) is 0 Å². The zero-order valence-corrected chi connectivity index (χ0v) is 12.1. The Kier molecular flexibility index (Phi) is 5.18. The Hall–Kier alpha value is -1.75. The average Bonchev–Trinajstić information content (AvgIpc) is 2.45. The Morgan fingerprint density at radius 3 is 2.47 bits per heavy atom. The van der Waals surface area contributed by atoms with Crippen LogP contribution in [0.5, 0.6) is 11.5 Å². The van der Waals surface area contributed by atoms with Crippen molar-refractivity contribution in [1.82, 2.24) is 5.32 Å². The summed E-state index contributed by atoms with van der Waals surface area (Å²) >= 11 is 0. The topological polar surface area (TPSA) is 56.8 Å². The molecule has 5 nitrogen and oxygen atoms in total. The summed E-state index contributed by atoms with van der Waals surface area (Å²) in [5.41, 5.74) is -0.314. The minimum Gasteiger partial charge on any atom is -0.497 e. The number of esters is 1. The summed E-state index contributed by atoms with van der Waals surface area (Å²) in [6.45, 7) is 3.85. The van der Waals surface area contributed by atoms with Gasteiger partial charge in [0.25, 0.3) is 0 Å². The van der Waals surface area contributed by atoms with Crippen molar-refractivity contribution in [3.05, 3.63) is 23.8 Å². The first kappa shape index (κ1) is 15.3. The van der Waals surface area contributed by atoms with E-state index in [2.05, 4.69) is 5.32 Å². The maximum absolute atomic E-state index is 12.2. The van der Waals surface area contributed by atoms with Gasteiger partial charge in [-0.25, -0.2) is 4.79 Å². The molecule has 0 saturated carbocycles. The van der Waals surface area contributed by atoms with Gasteiger partial charge in [-0.2, -0.15) is 0 Å². The van der Waals surface area contributed by atoms with Gasteiger partial charge in [-0.1, -0.05) is 0 Å². The number of rotatable bonds is 6. The van der Waals surface area contributed by atoms with Crippen molar-refractivity contribution < 1.29 is 19.0 Å². The lowest BCUT2D eigenvalue weighted by Gasteiger charge is -2.29. The molecule has 0 aliphatic carbocycles. The van der Waals surface area contributed by atoms with Crippen LogP contribution in [0.25, 0.3) is 0 Å². The fourth-order valence-electron chi connectivity index (χ4n) is 1.83.